The average molecular weight is 348 g/mol. The molecule has 7 nitrogen and oxygen atoms in total. The van der Waals surface area contributed by atoms with Crippen molar-refractivity contribution in [2.45, 2.75) is 39.0 Å². The quantitative estimate of drug-likeness (QED) is 0.866. The molecule has 1 aliphatic rings. The van der Waals surface area contributed by atoms with Gasteiger partial charge >= 0.3 is 12.2 Å². The van der Waals surface area contributed by atoms with Gasteiger partial charge in [0.15, 0.2) is 0 Å². The number of hydrogen-bond acceptors (Lipinski definition) is 4. The molecule has 0 aromatic carbocycles. The number of amides is 2. The predicted octanol–water partition coefficient (Wildman–Crippen LogP) is 1.12. The van der Waals surface area contributed by atoms with Crippen LogP contribution < -0.4 is 5.32 Å². The van der Waals surface area contributed by atoms with Crippen molar-refractivity contribution in [1.82, 2.24) is 29.9 Å². The van der Waals surface area contributed by atoms with Crippen LogP contribution in [0.2, 0.25) is 0 Å². The molecular weight excluding hydrogens is 325 g/mol. The lowest BCUT2D eigenvalue weighted by Gasteiger charge is -2.38. The van der Waals surface area contributed by atoms with Crippen LogP contribution in [0.5, 0.6) is 0 Å². The van der Waals surface area contributed by atoms with E-state index in [0.717, 1.165) is 19.2 Å². The number of aryl methyl sites for hydroxylation is 1. The van der Waals surface area contributed by atoms with Gasteiger partial charge in [-0.25, -0.2) is 4.79 Å². The summed E-state index contributed by atoms with van der Waals surface area (Å²) in [6.45, 7) is 5.13. The number of rotatable bonds is 5. The Kier molecular flexibility index (Phi) is 6.03. The summed E-state index contributed by atoms with van der Waals surface area (Å²) in [5.41, 5.74) is 0. The minimum absolute atomic E-state index is 0.222. The first-order valence-corrected chi connectivity index (χ1v) is 8.03. The molecule has 0 aliphatic carbocycles. The van der Waals surface area contributed by atoms with Crippen molar-refractivity contribution in [2.24, 2.45) is 0 Å². The van der Waals surface area contributed by atoms with Crippen LogP contribution in [0, 0.1) is 0 Å². The van der Waals surface area contributed by atoms with E-state index in [-0.39, 0.29) is 19.1 Å². The Morgan fingerprint density at radius 3 is 2.58 bits per heavy atom. The molecule has 0 saturated carbocycles. The summed E-state index contributed by atoms with van der Waals surface area (Å²) in [4.78, 5) is 15.0. The lowest BCUT2D eigenvalue weighted by Crippen LogP contribution is -2.56. The van der Waals surface area contributed by atoms with Gasteiger partial charge in [0.2, 0.25) is 0 Å². The van der Waals surface area contributed by atoms with Crippen molar-refractivity contribution in [3.8, 4) is 0 Å². The summed E-state index contributed by atoms with van der Waals surface area (Å²) in [6, 6.07) is -1.73. The molecule has 1 unspecified atom stereocenters. The molecule has 1 fully saturated rings. The second kappa shape index (κ2) is 7.82. The molecule has 1 atom stereocenters. The highest BCUT2D eigenvalue weighted by Crippen LogP contribution is 2.25. The summed E-state index contributed by atoms with van der Waals surface area (Å²) >= 11 is 0. The summed E-state index contributed by atoms with van der Waals surface area (Å²) in [7, 11) is 0. The van der Waals surface area contributed by atoms with Gasteiger partial charge in [0.05, 0.1) is 0 Å². The zero-order chi connectivity index (χ0) is 17.7. The SMILES string of the molecule is CCc1nncn1CCNC(=O)N1CCN(C(C)C(F)(F)F)CC1. The van der Waals surface area contributed by atoms with Crippen molar-refractivity contribution in [3.63, 3.8) is 0 Å². The molecule has 136 valence electrons. The fourth-order valence-electron chi connectivity index (χ4n) is 2.65. The van der Waals surface area contributed by atoms with E-state index in [9.17, 15) is 18.0 Å². The van der Waals surface area contributed by atoms with Gasteiger partial charge in [-0.2, -0.15) is 13.2 Å². The van der Waals surface area contributed by atoms with Gasteiger partial charge < -0.3 is 14.8 Å². The molecule has 24 heavy (non-hydrogen) atoms. The van der Waals surface area contributed by atoms with Gasteiger partial charge in [-0.15, -0.1) is 10.2 Å². The molecule has 0 spiro atoms. The fourth-order valence-corrected chi connectivity index (χ4v) is 2.65. The average Bonchev–Trinajstić information content (AvgIpc) is 3.01. The normalized spacial score (nSPS) is 17.8. The summed E-state index contributed by atoms with van der Waals surface area (Å²) in [5.74, 6) is 0.846. The van der Waals surface area contributed by atoms with Gasteiger partial charge in [-0.05, 0) is 6.92 Å². The Morgan fingerprint density at radius 1 is 1.33 bits per heavy atom. The highest BCUT2D eigenvalue weighted by molar-refractivity contribution is 5.74. The molecule has 10 heteroatoms. The van der Waals surface area contributed by atoms with Crippen molar-refractivity contribution >= 4 is 6.03 Å². The van der Waals surface area contributed by atoms with E-state index in [1.54, 1.807) is 11.2 Å². The van der Waals surface area contributed by atoms with E-state index in [4.69, 9.17) is 0 Å². The lowest BCUT2D eigenvalue weighted by molar-refractivity contribution is -0.181. The molecule has 2 amide bonds. The number of halogens is 3. The second-order valence-corrected chi connectivity index (χ2v) is 5.77. The van der Waals surface area contributed by atoms with Gasteiger partial charge in [0, 0.05) is 45.7 Å². The zero-order valence-electron chi connectivity index (χ0n) is 13.9. The largest absolute Gasteiger partial charge is 0.403 e. The number of nitrogens with zero attached hydrogens (tertiary/aromatic N) is 5. The molecule has 1 aromatic rings. The van der Waals surface area contributed by atoms with Crippen LogP contribution >= 0.6 is 0 Å². The molecular formula is C14H23F3N6O. The molecule has 1 saturated heterocycles. The predicted molar refractivity (Wildman–Crippen MR) is 81.5 cm³/mol. The van der Waals surface area contributed by atoms with E-state index < -0.39 is 12.2 Å². The van der Waals surface area contributed by atoms with Crippen LogP contribution in [0.25, 0.3) is 0 Å². The van der Waals surface area contributed by atoms with Crippen molar-refractivity contribution in [1.29, 1.82) is 0 Å². The molecule has 1 aromatic heterocycles. The van der Waals surface area contributed by atoms with Gasteiger partial charge in [-0.1, -0.05) is 6.92 Å². The zero-order valence-corrected chi connectivity index (χ0v) is 13.9. The van der Waals surface area contributed by atoms with Crippen molar-refractivity contribution in [2.75, 3.05) is 32.7 Å². The number of piperazine rings is 1. The Bertz CT molecular complexity index is 539. The molecule has 0 bridgehead atoms. The number of carbonyl (C=O) groups excluding carboxylic acids is 1. The van der Waals surface area contributed by atoms with Crippen molar-refractivity contribution in [3.05, 3.63) is 12.2 Å². The molecule has 1 aliphatic heterocycles. The molecule has 2 heterocycles. The summed E-state index contributed by atoms with van der Waals surface area (Å²) in [6.07, 6.45) is -1.87. The minimum atomic E-state index is -4.24. The second-order valence-electron chi connectivity index (χ2n) is 5.77. The van der Waals surface area contributed by atoms with E-state index in [2.05, 4.69) is 15.5 Å². The highest BCUT2D eigenvalue weighted by atomic mass is 19.4. The third-order valence-electron chi connectivity index (χ3n) is 4.26. The Hall–Kier alpha value is -1.84. The fraction of sp³-hybridized carbons (Fsp3) is 0.786. The summed E-state index contributed by atoms with van der Waals surface area (Å²) in [5, 5.41) is 10.6. The number of hydrogen-bond donors (Lipinski definition) is 1. The van der Waals surface area contributed by atoms with E-state index >= 15 is 0 Å². The molecule has 2 rings (SSSR count). The monoisotopic (exact) mass is 348 g/mol. The number of urea groups is 1. The first-order valence-electron chi connectivity index (χ1n) is 8.03. The maximum absolute atomic E-state index is 12.7. The summed E-state index contributed by atoms with van der Waals surface area (Å²) < 4.78 is 40.0. The maximum Gasteiger partial charge on any atom is 0.403 e. The lowest BCUT2D eigenvalue weighted by atomic mass is 10.2. The molecule has 1 N–H and O–H groups in total. The van der Waals surface area contributed by atoms with Crippen molar-refractivity contribution < 1.29 is 18.0 Å². The van der Waals surface area contributed by atoms with Crippen LogP contribution in [0.15, 0.2) is 6.33 Å². The number of carbonyl (C=O) groups is 1. The van der Waals surface area contributed by atoms with E-state index in [1.807, 2.05) is 11.5 Å². The first-order chi connectivity index (χ1) is 11.3. The standard InChI is InChI=1S/C14H23F3N6O/c1-3-12-20-19-10-23(12)5-4-18-13(24)22-8-6-21(7-9-22)11(2)14(15,16)17/h10-11H,3-9H2,1-2H3,(H,18,24). The topological polar surface area (TPSA) is 66.3 Å². The Balaban J connectivity index is 1.73. The van der Waals surface area contributed by atoms with E-state index in [0.29, 0.717) is 26.2 Å². The van der Waals surface area contributed by atoms with Gasteiger partial charge in [0.1, 0.15) is 18.2 Å². The molecule has 0 radical (unpaired) electrons. The van der Waals surface area contributed by atoms with Crippen LogP contribution in [0.4, 0.5) is 18.0 Å². The first kappa shape index (κ1) is 18.5. The Labute approximate surface area is 138 Å². The maximum atomic E-state index is 12.7. The Morgan fingerprint density at radius 2 is 2.00 bits per heavy atom. The number of alkyl halides is 3. The third-order valence-corrected chi connectivity index (χ3v) is 4.26. The minimum Gasteiger partial charge on any atom is -0.336 e. The van der Waals surface area contributed by atoms with Gasteiger partial charge in [0.25, 0.3) is 0 Å². The van der Waals surface area contributed by atoms with Crippen LogP contribution in [0.3, 0.4) is 0 Å². The smallest absolute Gasteiger partial charge is 0.336 e. The van der Waals surface area contributed by atoms with Crippen LogP contribution in [0.1, 0.15) is 19.7 Å². The number of nitrogens with one attached hydrogen (secondary N) is 1. The van der Waals surface area contributed by atoms with Gasteiger partial charge in [-0.3, -0.25) is 4.90 Å². The van der Waals surface area contributed by atoms with E-state index in [1.165, 1.54) is 4.90 Å². The number of aromatic nitrogens is 3. The highest BCUT2D eigenvalue weighted by Gasteiger charge is 2.41. The third kappa shape index (κ3) is 4.59. The van der Waals surface area contributed by atoms with Crippen LogP contribution in [-0.2, 0) is 13.0 Å². The van der Waals surface area contributed by atoms with Crippen LogP contribution in [-0.4, -0.2) is 75.5 Å².